The normalized spacial score (nSPS) is 16.2. The topological polar surface area (TPSA) is 28.1 Å². The molecule has 0 spiro atoms. The van der Waals surface area contributed by atoms with Crippen molar-refractivity contribution in [3.8, 4) is 0 Å². The van der Waals surface area contributed by atoms with Crippen LogP contribution < -0.4 is 4.90 Å². The second-order valence-corrected chi connectivity index (χ2v) is 6.30. The zero-order chi connectivity index (χ0) is 17.0. The van der Waals surface area contributed by atoms with E-state index >= 15 is 0 Å². The fourth-order valence-electron chi connectivity index (χ4n) is 3.17. The lowest BCUT2D eigenvalue weighted by molar-refractivity contribution is 0.213. The maximum atomic E-state index is 4.80. The van der Waals surface area contributed by atoms with E-state index in [0.29, 0.717) is 0 Å². The number of unbranched alkanes of at least 4 members (excludes halogenated alkanes) is 3. The van der Waals surface area contributed by atoms with Crippen LogP contribution in [0.5, 0.6) is 0 Å². The van der Waals surface area contributed by atoms with Crippen LogP contribution in [0.1, 0.15) is 32.1 Å². The van der Waals surface area contributed by atoms with E-state index in [1.54, 1.807) is 13.2 Å². The third-order valence-corrected chi connectivity index (χ3v) is 4.60. The molecule has 1 aliphatic heterocycles. The number of hydrogen-bond donors (Lipinski definition) is 0. The van der Waals surface area contributed by atoms with Crippen LogP contribution in [0.3, 0.4) is 0 Å². The minimum Gasteiger partial charge on any atom is -0.399 e. The highest BCUT2D eigenvalue weighted by Gasteiger charge is 2.16. The number of benzene rings is 1. The first kappa shape index (κ1) is 18.5. The Morgan fingerprint density at radius 2 is 1.79 bits per heavy atom. The Bertz CT molecular complexity index is 493. The Hall–Kier alpha value is -1.81. The Morgan fingerprint density at radius 3 is 2.46 bits per heavy atom. The minimum atomic E-state index is 0.953. The van der Waals surface area contributed by atoms with Gasteiger partial charge in [0.15, 0.2) is 0 Å². The van der Waals surface area contributed by atoms with Gasteiger partial charge in [0.05, 0.1) is 5.71 Å². The summed E-state index contributed by atoms with van der Waals surface area (Å²) in [6.07, 6.45) is 7.74. The molecule has 0 radical (unpaired) electrons. The molecular weight excluding hydrogens is 298 g/mol. The number of nitrogens with zero attached hydrogens (tertiary/aromatic N) is 3. The molecule has 2 rings (SSSR count). The highest BCUT2D eigenvalue weighted by Crippen LogP contribution is 2.16. The second kappa shape index (κ2) is 10.9. The lowest BCUT2D eigenvalue weighted by atomic mass is 10.1. The molecule has 4 heteroatoms. The van der Waals surface area contributed by atoms with E-state index < -0.39 is 0 Å². The molecule has 1 heterocycles. The van der Waals surface area contributed by atoms with E-state index in [1.165, 1.54) is 44.6 Å². The monoisotopic (exact) mass is 329 g/mol. The highest BCUT2D eigenvalue weighted by molar-refractivity contribution is 5.93. The van der Waals surface area contributed by atoms with Crippen molar-refractivity contribution in [1.29, 1.82) is 0 Å². The van der Waals surface area contributed by atoms with Crippen LogP contribution >= 0.6 is 0 Å². The Balaban J connectivity index is 1.54. The number of rotatable bonds is 10. The molecule has 24 heavy (non-hydrogen) atoms. The molecule has 0 N–H and O–H groups in total. The molecule has 0 unspecified atom stereocenters. The van der Waals surface area contributed by atoms with E-state index in [-0.39, 0.29) is 0 Å². The van der Waals surface area contributed by atoms with Gasteiger partial charge in [-0.2, -0.15) is 0 Å². The molecule has 1 aromatic carbocycles. The minimum absolute atomic E-state index is 0.953. The van der Waals surface area contributed by atoms with Gasteiger partial charge in [-0.05, 0) is 44.0 Å². The zero-order valence-electron chi connectivity index (χ0n) is 15.0. The van der Waals surface area contributed by atoms with Crippen molar-refractivity contribution in [3.05, 3.63) is 43.0 Å². The van der Waals surface area contributed by atoms with Gasteiger partial charge in [0.2, 0.25) is 0 Å². The van der Waals surface area contributed by atoms with E-state index in [1.807, 2.05) is 0 Å². The molecule has 1 aromatic rings. The van der Waals surface area contributed by atoms with Gasteiger partial charge in [-0.25, -0.2) is 0 Å². The van der Waals surface area contributed by atoms with Gasteiger partial charge < -0.3 is 9.74 Å². The lowest BCUT2D eigenvalue weighted by Gasteiger charge is -2.36. The molecule has 1 saturated heterocycles. The average Bonchev–Trinajstić information content (AvgIpc) is 2.65. The summed E-state index contributed by atoms with van der Waals surface area (Å²) in [5, 5.41) is 3.95. The van der Waals surface area contributed by atoms with Crippen molar-refractivity contribution < 1.29 is 4.84 Å². The fraction of sp³-hybridized carbons (Fsp3) is 0.550. The first-order valence-corrected chi connectivity index (χ1v) is 9.08. The summed E-state index contributed by atoms with van der Waals surface area (Å²) in [4.78, 5) is 9.89. The summed E-state index contributed by atoms with van der Waals surface area (Å²) >= 11 is 0. The van der Waals surface area contributed by atoms with E-state index in [0.717, 1.165) is 31.6 Å². The highest BCUT2D eigenvalue weighted by atomic mass is 16.6. The first-order valence-electron chi connectivity index (χ1n) is 9.08. The first-order chi connectivity index (χ1) is 11.8. The molecule has 132 valence electrons. The molecule has 0 atom stereocenters. The summed E-state index contributed by atoms with van der Waals surface area (Å²) in [6, 6.07) is 10.7. The standard InChI is InChI=1S/C20H31N3O/c1-3-19(21-24-2)11-7-4-5-10-14-22-15-17-23(18-16-22)20-12-8-6-9-13-20/h3,6,8-9,12-13H,1,4-5,7,10-11,14-18H2,2H3/b21-19+. The molecule has 0 bridgehead atoms. The van der Waals surface area contributed by atoms with Crippen LogP contribution in [0.2, 0.25) is 0 Å². The van der Waals surface area contributed by atoms with Gasteiger partial charge in [0, 0.05) is 31.9 Å². The van der Waals surface area contributed by atoms with Crippen LogP contribution in [0, 0.1) is 0 Å². The van der Waals surface area contributed by atoms with Gasteiger partial charge in [-0.15, -0.1) is 0 Å². The number of hydrogen-bond acceptors (Lipinski definition) is 4. The largest absolute Gasteiger partial charge is 0.399 e. The summed E-state index contributed by atoms with van der Waals surface area (Å²) in [5.41, 5.74) is 2.31. The summed E-state index contributed by atoms with van der Waals surface area (Å²) < 4.78 is 0. The molecule has 0 saturated carbocycles. The van der Waals surface area contributed by atoms with Crippen molar-refractivity contribution in [2.75, 3.05) is 44.7 Å². The quantitative estimate of drug-likeness (QED) is 0.370. The van der Waals surface area contributed by atoms with Crippen molar-refractivity contribution in [3.63, 3.8) is 0 Å². The molecule has 1 fully saturated rings. The van der Waals surface area contributed by atoms with Crippen molar-refractivity contribution in [2.24, 2.45) is 5.16 Å². The predicted octanol–water partition coefficient (Wildman–Crippen LogP) is 3.95. The van der Waals surface area contributed by atoms with Gasteiger partial charge >= 0.3 is 0 Å². The number of oxime groups is 1. The van der Waals surface area contributed by atoms with Crippen LogP contribution in [-0.2, 0) is 4.84 Å². The van der Waals surface area contributed by atoms with Gasteiger partial charge in [0.1, 0.15) is 7.11 Å². The van der Waals surface area contributed by atoms with Crippen LogP contribution in [0.15, 0.2) is 48.1 Å². The number of anilines is 1. The maximum absolute atomic E-state index is 4.80. The smallest absolute Gasteiger partial charge is 0.106 e. The molecule has 4 nitrogen and oxygen atoms in total. The van der Waals surface area contributed by atoms with E-state index in [2.05, 4.69) is 51.9 Å². The van der Waals surface area contributed by atoms with Crippen LogP contribution in [0.25, 0.3) is 0 Å². The fourth-order valence-corrected chi connectivity index (χ4v) is 3.17. The summed E-state index contributed by atoms with van der Waals surface area (Å²) in [5.74, 6) is 0. The van der Waals surface area contributed by atoms with Gasteiger partial charge in [0.25, 0.3) is 0 Å². The van der Waals surface area contributed by atoms with E-state index in [9.17, 15) is 0 Å². The van der Waals surface area contributed by atoms with Gasteiger partial charge in [-0.1, -0.05) is 42.8 Å². The molecule has 0 aliphatic carbocycles. The Kier molecular flexibility index (Phi) is 8.39. The maximum Gasteiger partial charge on any atom is 0.106 e. The molecule has 0 amide bonds. The third kappa shape index (κ3) is 6.36. The van der Waals surface area contributed by atoms with E-state index in [4.69, 9.17) is 4.84 Å². The summed E-state index contributed by atoms with van der Waals surface area (Å²) in [6.45, 7) is 9.62. The summed E-state index contributed by atoms with van der Waals surface area (Å²) in [7, 11) is 1.58. The predicted molar refractivity (Wildman–Crippen MR) is 103 cm³/mol. The SMILES string of the molecule is C=C/C(CCCCCCN1CCN(c2ccccc2)CC1)=N\OC. The zero-order valence-corrected chi connectivity index (χ0v) is 15.0. The van der Waals surface area contributed by atoms with Gasteiger partial charge in [-0.3, -0.25) is 4.90 Å². The molecule has 0 aromatic heterocycles. The molecule has 1 aliphatic rings. The average molecular weight is 329 g/mol. The number of allylic oxidation sites excluding steroid dienone is 1. The molecular formula is C20H31N3O. The Morgan fingerprint density at radius 1 is 1.08 bits per heavy atom. The Labute approximate surface area is 146 Å². The van der Waals surface area contributed by atoms with Crippen LogP contribution in [0.4, 0.5) is 5.69 Å². The van der Waals surface area contributed by atoms with Crippen molar-refractivity contribution >= 4 is 11.4 Å². The number of piperazine rings is 1. The van der Waals surface area contributed by atoms with Crippen molar-refractivity contribution in [2.45, 2.75) is 32.1 Å². The van der Waals surface area contributed by atoms with Crippen LogP contribution in [-0.4, -0.2) is 50.4 Å². The third-order valence-electron chi connectivity index (χ3n) is 4.60. The second-order valence-electron chi connectivity index (χ2n) is 6.30. The van der Waals surface area contributed by atoms with Crippen molar-refractivity contribution in [1.82, 2.24) is 4.90 Å². The lowest BCUT2D eigenvalue weighted by Crippen LogP contribution is -2.46. The number of para-hydroxylation sites is 1.